The fourth-order valence-corrected chi connectivity index (χ4v) is 1.90. The maximum Gasteiger partial charge on any atom is 0.131 e. The van der Waals surface area contributed by atoms with E-state index in [1.54, 1.807) is 0 Å². The van der Waals surface area contributed by atoms with Gasteiger partial charge in [-0.15, -0.1) is 0 Å². The van der Waals surface area contributed by atoms with Crippen molar-refractivity contribution < 1.29 is 4.74 Å². The number of anilines is 1. The van der Waals surface area contributed by atoms with Gasteiger partial charge in [-0.25, -0.2) is 9.97 Å². The Labute approximate surface area is 118 Å². The average molecular weight is 316 g/mol. The number of ether oxygens (including phenoxy) is 1. The van der Waals surface area contributed by atoms with Crippen LogP contribution in [0.2, 0.25) is 0 Å². The zero-order valence-corrected chi connectivity index (χ0v) is 13.0. The van der Waals surface area contributed by atoms with E-state index in [0.29, 0.717) is 6.10 Å². The van der Waals surface area contributed by atoms with Gasteiger partial charge < -0.3 is 10.1 Å². The van der Waals surface area contributed by atoms with Crippen LogP contribution in [-0.2, 0) is 11.2 Å². The summed E-state index contributed by atoms with van der Waals surface area (Å²) in [7, 11) is 0. The van der Waals surface area contributed by atoms with Crippen molar-refractivity contribution in [3.63, 3.8) is 0 Å². The number of aromatic nitrogens is 2. The van der Waals surface area contributed by atoms with Gasteiger partial charge in [-0.3, -0.25) is 0 Å². The maximum atomic E-state index is 5.49. The second-order valence-electron chi connectivity index (χ2n) is 4.40. The molecule has 1 N–H and O–H groups in total. The van der Waals surface area contributed by atoms with Gasteiger partial charge in [-0.05, 0) is 42.6 Å². The highest BCUT2D eigenvalue weighted by molar-refractivity contribution is 9.10. The van der Waals surface area contributed by atoms with Crippen molar-refractivity contribution in [1.82, 2.24) is 9.97 Å². The largest absolute Gasteiger partial charge is 0.379 e. The van der Waals surface area contributed by atoms with Crippen molar-refractivity contribution in [2.24, 2.45) is 0 Å². The van der Waals surface area contributed by atoms with E-state index in [1.807, 2.05) is 6.07 Å². The van der Waals surface area contributed by atoms with Gasteiger partial charge in [0, 0.05) is 25.6 Å². The van der Waals surface area contributed by atoms with E-state index in [9.17, 15) is 0 Å². The normalized spacial score (nSPS) is 10.9. The van der Waals surface area contributed by atoms with Crippen molar-refractivity contribution in [3.05, 3.63) is 16.5 Å². The van der Waals surface area contributed by atoms with E-state index in [-0.39, 0.29) is 0 Å². The third-order valence-corrected chi connectivity index (χ3v) is 2.79. The molecule has 0 aromatic carbocycles. The number of aryl methyl sites for hydroxylation is 1. The Hall–Kier alpha value is -0.680. The van der Waals surface area contributed by atoms with Gasteiger partial charge >= 0.3 is 0 Å². The summed E-state index contributed by atoms with van der Waals surface area (Å²) < 4.78 is 6.32. The Morgan fingerprint density at radius 1 is 1.33 bits per heavy atom. The van der Waals surface area contributed by atoms with Crippen LogP contribution in [0.5, 0.6) is 0 Å². The molecule has 1 rings (SSSR count). The third-order valence-electron chi connectivity index (χ3n) is 2.39. The maximum absolute atomic E-state index is 5.49. The smallest absolute Gasteiger partial charge is 0.131 e. The first-order chi connectivity index (χ1) is 8.61. The minimum absolute atomic E-state index is 0.322. The zero-order valence-electron chi connectivity index (χ0n) is 11.4. The number of rotatable bonds is 8. The average Bonchev–Trinajstić information content (AvgIpc) is 2.32. The van der Waals surface area contributed by atoms with Crippen molar-refractivity contribution in [2.75, 3.05) is 18.5 Å². The Bertz CT molecular complexity index is 358. The number of nitrogens with zero attached hydrogens (tertiary/aromatic N) is 2. The Balaban J connectivity index is 2.24. The second kappa shape index (κ2) is 8.43. The molecule has 0 fully saturated rings. The molecule has 0 unspecified atom stereocenters. The summed E-state index contributed by atoms with van der Waals surface area (Å²) in [6.07, 6.45) is 3.31. The molecule has 102 valence electrons. The van der Waals surface area contributed by atoms with Gasteiger partial charge in [0.05, 0.1) is 6.10 Å². The molecule has 0 aliphatic carbocycles. The van der Waals surface area contributed by atoms with Gasteiger partial charge in [-0.2, -0.15) is 0 Å². The molecule has 0 radical (unpaired) electrons. The predicted molar refractivity (Wildman–Crippen MR) is 77.9 cm³/mol. The lowest BCUT2D eigenvalue weighted by Gasteiger charge is -2.09. The summed E-state index contributed by atoms with van der Waals surface area (Å²) in [5, 5.41) is 3.31. The number of hydrogen-bond acceptors (Lipinski definition) is 4. The summed E-state index contributed by atoms with van der Waals surface area (Å²) in [4.78, 5) is 8.69. The number of hydrogen-bond donors (Lipinski definition) is 1. The number of unbranched alkanes of at least 4 members (excludes halogenated alkanes) is 1. The summed E-state index contributed by atoms with van der Waals surface area (Å²) in [6, 6.07) is 1.91. The van der Waals surface area contributed by atoms with E-state index in [0.717, 1.165) is 48.7 Å². The van der Waals surface area contributed by atoms with Crippen LogP contribution in [0.4, 0.5) is 5.82 Å². The van der Waals surface area contributed by atoms with Gasteiger partial charge in [0.25, 0.3) is 0 Å². The van der Waals surface area contributed by atoms with Crippen LogP contribution in [0.1, 0.15) is 39.4 Å². The van der Waals surface area contributed by atoms with Crippen LogP contribution in [0, 0.1) is 0 Å². The summed E-state index contributed by atoms with van der Waals surface area (Å²) >= 11 is 3.39. The number of nitrogens with one attached hydrogen (secondary N) is 1. The number of halogens is 1. The highest BCUT2D eigenvalue weighted by Gasteiger charge is 2.01. The molecule has 0 aliphatic rings. The fourth-order valence-electron chi connectivity index (χ4n) is 1.48. The Morgan fingerprint density at radius 3 is 2.78 bits per heavy atom. The molecule has 4 nitrogen and oxygen atoms in total. The zero-order chi connectivity index (χ0) is 13.4. The predicted octanol–water partition coefficient (Wildman–Crippen LogP) is 3.42. The first kappa shape index (κ1) is 15.4. The Morgan fingerprint density at radius 2 is 2.11 bits per heavy atom. The quantitative estimate of drug-likeness (QED) is 0.590. The molecule has 5 heteroatoms. The van der Waals surface area contributed by atoms with E-state index in [4.69, 9.17) is 4.74 Å². The molecule has 0 saturated heterocycles. The van der Waals surface area contributed by atoms with Crippen LogP contribution in [0.15, 0.2) is 10.7 Å². The lowest BCUT2D eigenvalue weighted by Crippen LogP contribution is -2.08. The van der Waals surface area contributed by atoms with Crippen LogP contribution >= 0.6 is 15.9 Å². The highest BCUT2D eigenvalue weighted by atomic mass is 79.9. The molecule has 0 spiro atoms. The van der Waals surface area contributed by atoms with Gasteiger partial charge in [0.1, 0.15) is 16.2 Å². The van der Waals surface area contributed by atoms with Crippen LogP contribution in [0.25, 0.3) is 0 Å². The first-order valence-electron chi connectivity index (χ1n) is 6.50. The van der Waals surface area contributed by atoms with Gasteiger partial charge in [-0.1, -0.05) is 6.92 Å². The first-order valence-corrected chi connectivity index (χ1v) is 7.30. The van der Waals surface area contributed by atoms with Crippen LogP contribution in [0.3, 0.4) is 0 Å². The standard InChI is InChI=1S/C13H22BrN3O/c1-4-12-16-11(14)9-13(17-12)15-7-5-6-8-18-10(2)3/h9-10H,4-8H2,1-3H3,(H,15,16,17). The minimum Gasteiger partial charge on any atom is -0.379 e. The third kappa shape index (κ3) is 6.31. The van der Waals surface area contributed by atoms with Gasteiger partial charge in [0.15, 0.2) is 0 Å². The second-order valence-corrected chi connectivity index (χ2v) is 5.21. The van der Waals surface area contributed by atoms with Crippen molar-refractivity contribution in [2.45, 2.75) is 46.1 Å². The monoisotopic (exact) mass is 315 g/mol. The van der Waals surface area contributed by atoms with Gasteiger partial charge in [0.2, 0.25) is 0 Å². The summed E-state index contributed by atoms with van der Waals surface area (Å²) in [5.41, 5.74) is 0. The van der Waals surface area contributed by atoms with Crippen LogP contribution in [-0.4, -0.2) is 29.2 Å². The van der Waals surface area contributed by atoms with E-state index in [1.165, 1.54) is 0 Å². The molecule has 1 aromatic rings. The summed E-state index contributed by atoms with van der Waals surface area (Å²) in [5.74, 6) is 1.74. The molecule has 0 atom stereocenters. The van der Waals surface area contributed by atoms with E-state index in [2.05, 4.69) is 52.0 Å². The highest BCUT2D eigenvalue weighted by Crippen LogP contribution is 2.12. The fraction of sp³-hybridized carbons (Fsp3) is 0.692. The molecule has 1 heterocycles. The minimum atomic E-state index is 0.322. The summed E-state index contributed by atoms with van der Waals surface area (Å²) in [6.45, 7) is 7.90. The van der Waals surface area contributed by atoms with Crippen molar-refractivity contribution >= 4 is 21.7 Å². The van der Waals surface area contributed by atoms with Crippen molar-refractivity contribution in [1.29, 1.82) is 0 Å². The molecular formula is C13H22BrN3O. The Kier molecular flexibility index (Phi) is 7.20. The van der Waals surface area contributed by atoms with Crippen molar-refractivity contribution in [3.8, 4) is 0 Å². The molecule has 1 aromatic heterocycles. The molecule has 0 saturated carbocycles. The molecule has 0 bridgehead atoms. The van der Waals surface area contributed by atoms with Crippen LogP contribution < -0.4 is 5.32 Å². The molecular weight excluding hydrogens is 294 g/mol. The molecule has 18 heavy (non-hydrogen) atoms. The van der Waals surface area contributed by atoms with E-state index >= 15 is 0 Å². The lowest BCUT2D eigenvalue weighted by molar-refractivity contribution is 0.0765. The SMILES string of the molecule is CCc1nc(Br)cc(NCCCCOC(C)C)n1. The lowest BCUT2D eigenvalue weighted by atomic mass is 10.3. The molecule has 0 amide bonds. The van der Waals surface area contributed by atoms with E-state index < -0.39 is 0 Å². The topological polar surface area (TPSA) is 47.0 Å². The molecule has 0 aliphatic heterocycles.